The number of carbonyl (C=O) groups excluding carboxylic acids is 1. The topological polar surface area (TPSA) is 66.4 Å². The molecule has 23 heavy (non-hydrogen) atoms. The first kappa shape index (κ1) is 15.8. The van der Waals surface area contributed by atoms with Crippen molar-refractivity contribution in [2.24, 2.45) is 23.7 Å². The number of hydrogen-bond acceptors (Lipinski definition) is 2. The molecule has 4 atom stereocenters. The monoisotopic (exact) mass is 313 g/mol. The predicted molar refractivity (Wildman–Crippen MR) is 87.5 cm³/mol. The van der Waals surface area contributed by atoms with E-state index in [4.69, 9.17) is 0 Å². The van der Waals surface area contributed by atoms with Gasteiger partial charge in [0, 0.05) is 6.54 Å². The van der Waals surface area contributed by atoms with Crippen LogP contribution in [0.25, 0.3) is 0 Å². The van der Waals surface area contributed by atoms with Crippen molar-refractivity contribution in [3.63, 3.8) is 0 Å². The second kappa shape index (κ2) is 6.19. The highest BCUT2D eigenvalue weighted by Crippen LogP contribution is 2.57. The van der Waals surface area contributed by atoms with E-state index in [0.29, 0.717) is 6.54 Å². The highest BCUT2D eigenvalue weighted by molar-refractivity contribution is 5.87. The molecule has 2 bridgehead atoms. The fourth-order valence-electron chi connectivity index (χ4n) is 4.51. The molecule has 4 nitrogen and oxygen atoms in total. The van der Waals surface area contributed by atoms with Crippen molar-refractivity contribution in [1.82, 2.24) is 5.32 Å². The van der Waals surface area contributed by atoms with Crippen LogP contribution >= 0.6 is 0 Å². The number of benzene rings is 1. The van der Waals surface area contributed by atoms with Gasteiger partial charge in [0.25, 0.3) is 0 Å². The van der Waals surface area contributed by atoms with Crippen molar-refractivity contribution in [2.75, 3.05) is 0 Å². The lowest BCUT2D eigenvalue weighted by Gasteiger charge is -2.26. The summed E-state index contributed by atoms with van der Waals surface area (Å²) in [5.74, 6) is -1.82. The van der Waals surface area contributed by atoms with Crippen molar-refractivity contribution >= 4 is 11.9 Å². The molecule has 0 spiro atoms. The van der Waals surface area contributed by atoms with Gasteiger partial charge in [-0.05, 0) is 44.1 Å². The Balaban J connectivity index is 1.79. The van der Waals surface area contributed by atoms with Gasteiger partial charge in [0.05, 0.1) is 11.8 Å². The summed E-state index contributed by atoms with van der Waals surface area (Å²) < 4.78 is 0. The van der Waals surface area contributed by atoms with E-state index < -0.39 is 17.8 Å². The zero-order valence-corrected chi connectivity index (χ0v) is 13.6. The number of rotatable bonds is 4. The summed E-state index contributed by atoms with van der Waals surface area (Å²) in [6.45, 7) is 4.51. The molecule has 0 aliphatic heterocycles. The average Bonchev–Trinajstić information content (AvgIpc) is 3.09. The summed E-state index contributed by atoms with van der Waals surface area (Å²) in [6.07, 6.45) is 1.82. The fourth-order valence-corrected chi connectivity index (χ4v) is 4.51. The first-order valence-corrected chi connectivity index (χ1v) is 8.22. The first-order valence-electron chi connectivity index (χ1n) is 8.22. The zero-order valence-electron chi connectivity index (χ0n) is 13.6. The van der Waals surface area contributed by atoms with Gasteiger partial charge in [-0.1, -0.05) is 41.5 Å². The predicted octanol–water partition coefficient (Wildman–Crippen LogP) is 3.00. The van der Waals surface area contributed by atoms with Crippen molar-refractivity contribution < 1.29 is 14.7 Å². The molecule has 1 aromatic rings. The molecule has 2 saturated carbocycles. The molecule has 3 rings (SSSR count). The maximum atomic E-state index is 12.7. The number of carboxylic acids is 1. The molecule has 1 aromatic carbocycles. The number of allylic oxidation sites excluding steroid dienone is 2. The lowest BCUT2D eigenvalue weighted by Crippen LogP contribution is -2.41. The van der Waals surface area contributed by atoms with Crippen LogP contribution in [0.4, 0.5) is 0 Å². The summed E-state index contributed by atoms with van der Waals surface area (Å²) in [5, 5.41) is 12.6. The minimum absolute atomic E-state index is 0.0370. The molecule has 1 amide bonds. The Morgan fingerprint density at radius 2 is 1.70 bits per heavy atom. The molecule has 0 aromatic heterocycles. The van der Waals surface area contributed by atoms with Gasteiger partial charge in [-0.25, -0.2) is 0 Å². The fraction of sp³-hybridized carbons (Fsp3) is 0.474. The Labute approximate surface area is 136 Å². The molecule has 0 heterocycles. The van der Waals surface area contributed by atoms with E-state index in [-0.39, 0.29) is 17.7 Å². The minimum atomic E-state index is -0.837. The first-order chi connectivity index (χ1) is 11.0. The molecular formula is C19H23NO3. The minimum Gasteiger partial charge on any atom is -0.481 e. The summed E-state index contributed by atoms with van der Waals surface area (Å²) in [4.78, 5) is 24.4. The highest BCUT2D eigenvalue weighted by Gasteiger charge is 2.57. The second-order valence-corrected chi connectivity index (χ2v) is 6.84. The van der Waals surface area contributed by atoms with Crippen LogP contribution in [-0.4, -0.2) is 17.0 Å². The molecule has 2 aliphatic rings. The molecule has 2 aliphatic carbocycles. The number of carbonyl (C=O) groups is 2. The highest BCUT2D eigenvalue weighted by atomic mass is 16.4. The van der Waals surface area contributed by atoms with Crippen LogP contribution in [0.15, 0.2) is 41.5 Å². The summed E-state index contributed by atoms with van der Waals surface area (Å²) >= 11 is 0. The van der Waals surface area contributed by atoms with Crippen LogP contribution < -0.4 is 5.32 Å². The smallest absolute Gasteiger partial charge is 0.307 e. The second-order valence-electron chi connectivity index (χ2n) is 6.84. The summed E-state index contributed by atoms with van der Waals surface area (Å²) in [7, 11) is 0. The molecular weight excluding hydrogens is 290 g/mol. The number of fused-ring (bicyclic) bond motifs is 2. The summed E-state index contributed by atoms with van der Waals surface area (Å²) in [5.41, 5.74) is 3.43. The maximum absolute atomic E-state index is 12.7. The number of aliphatic carboxylic acids is 1. The Morgan fingerprint density at radius 3 is 2.26 bits per heavy atom. The van der Waals surface area contributed by atoms with Gasteiger partial charge in [-0.3, -0.25) is 9.59 Å². The third-order valence-corrected chi connectivity index (χ3v) is 5.32. The number of nitrogens with one attached hydrogen (secondary N) is 1. The normalized spacial score (nSPS) is 28.7. The Hall–Kier alpha value is -2.10. The molecule has 0 saturated heterocycles. The molecule has 0 unspecified atom stereocenters. The number of carboxylic acid groups (broad SMARTS) is 1. The van der Waals surface area contributed by atoms with E-state index in [0.717, 1.165) is 18.4 Å². The lowest BCUT2D eigenvalue weighted by molar-refractivity contribution is -0.149. The van der Waals surface area contributed by atoms with Crippen LogP contribution in [0.3, 0.4) is 0 Å². The number of hydrogen-bond donors (Lipinski definition) is 2. The van der Waals surface area contributed by atoms with Crippen LogP contribution in [0.5, 0.6) is 0 Å². The molecule has 2 N–H and O–H groups in total. The average molecular weight is 313 g/mol. The SMILES string of the molecule is CC(C)=C1[C@H]2CC[C@@H]1[C@H](C(=O)NCc1ccccc1)[C@@H]2C(=O)O. The quantitative estimate of drug-likeness (QED) is 0.840. The van der Waals surface area contributed by atoms with E-state index in [9.17, 15) is 14.7 Å². The molecule has 4 heteroatoms. The van der Waals surface area contributed by atoms with Crippen LogP contribution in [0.1, 0.15) is 32.3 Å². The van der Waals surface area contributed by atoms with Crippen molar-refractivity contribution in [3.05, 3.63) is 47.0 Å². The van der Waals surface area contributed by atoms with Gasteiger partial charge in [0.1, 0.15) is 0 Å². The third kappa shape index (κ3) is 2.78. The van der Waals surface area contributed by atoms with Gasteiger partial charge >= 0.3 is 5.97 Å². The van der Waals surface area contributed by atoms with E-state index in [2.05, 4.69) is 5.32 Å². The van der Waals surface area contributed by atoms with Gasteiger partial charge in [-0.2, -0.15) is 0 Å². The van der Waals surface area contributed by atoms with E-state index >= 15 is 0 Å². The zero-order chi connectivity index (χ0) is 16.6. The van der Waals surface area contributed by atoms with Crippen LogP contribution in [0, 0.1) is 23.7 Å². The lowest BCUT2D eigenvalue weighted by atomic mass is 9.78. The molecule has 2 fully saturated rings. The van der Waals surface area contributed by atoms with Crippen LogP contribution in [-0.2, 0) is 16.1 Å². The Morgan fingerprint density at radius 1 is 1.09 bits per heavy atom. The Kier molecular flexibility index (Phi) is 4.24. The summed E-state index contributed by atoms with van der Waals surface area (Å²) in [6, 6.07) is 9.71. The number of amides is 1. The van der Waals surface area contributed by atoms with Crippen molar-refractivity contribution in [2.45, 2.75) is 33.2 Å². The maximum Gasteiger partial charge on any atom is 0.307 e. The standard InChI is InChI=1S/C19H23NO3/c1-11(2)15-13-8-9-14(15)17(19(22)23)16(13)18(21)20-10-12-6-4-3-5-7-12/h3-7,13-14,16-17H,8-10H2,1-2H3,(H,20,21)(H,22,23)/t13-,14+,16-,17+/m0/s1. The molecule has 0 radical (unpaired) electrons. The molecule has 122 valence electrons. The van der Waals surface area contributed by atoms with E-state index in [1.807, 2.05) is 44.2 Å². The van der Waals surface area contributed by atoms with Gasteiger partial charge in [-0.15, -0.1) is 0 Å². The van der Waals surface area contributed by atoms with Gasteiger partial charge in [0.15, 0.2) is 0 Å². The largest absolute Gasteiger partial charge is 0.481 e. The Bertz CT molecular complexity index is 646. The third-order valence-electron chi connectivity index (χ3n) is 5.32. The van der Waals surface area contributed by atoms with Crippen molar-refractivity contribution in [1.29, 1.82) is 0 Å². The van der Waals surface area contributed by atoms with Crippen LogP contribution in [0.2, 0.25) is 0 Å². The van der Waals surface area contributed by atoms with E-state index in [1.54, 1.807) is 0 Å². The van der Waals surface area contributed by atoms with Crippen molar-refractivity contribution in [3.8, 4) is 0 Å². The van der Waals surface area contributed by atoms with E-state index in [1.165, 1.54) is 11.1 Å². The van der Waals surface area contributed by atoms with Gasteiger partial charge in [0.2, 0.25) is 5.91 Å². The van der Waals surface area contributed by atoms with Gasteiger partial charge < -0.3 is 10.4 Å².